The van der Waals surface area contributed by atoms with Crippen molar-refractivity contribution in [1.82, 2.24) is 0 Å². The zero-order valence-electron chi connectivity index (χ0n) is 4.32. The van der Waals surface area contributed by atoms with Crippen molar-refractivity contribution in [3.05, 3.63) is 10.1 Å². The molecule has 0 rings (SSSR count). The number of halogens is 2. The van der Waals surface area contributed by atoms with Crippen LogP contribution < -0.4 is 5.73 Å². The normalized spacial score (nSPS) is 12.2. The highest BCUT2D eigenvalue weighted by Crippen LogP contribution is 2.09. The van der Waals surface area contributed by atoms with Crippen LogP contribution in [0.15, 0.2) is 10.1 Å². The van der Waals surface area contributed by atoms with Gasteiger partial charge in [-0.25, -0.2) is 0 Å². The van der Waals surface area contributed by atoms with Crippen molar-refractivity contribution in [2.45, 2.75) is 0 Å². The molecule has 0 radical (unpaired) electrons. The monoisotopic (exact) mass is 166 g/mol. The molecule has 0 bridgehead atoms. The average Bonchev–Trinajstić information content (AvgIpc) is 1.84. The van der Waals surface area contributed by atoms with Crippen LogP contribution in [0.25, 0.3) is 0 Å². The zero-order chi connectivity index (χ0) is 7.44. The Kier molecular flexibility index (Phi) is 3.27. The van der Waals surface area contributed by atoms with Crippen molar-refractivity contribution < 1.29 is 4.79 Å². The standard InChI is InChI=1S/C4H4Cl2N2O/c5-2(1-7)3(6)4(8)9/h1,7H,(H2,8,9)/b3-2-,7-1?. The molecule has 0 aliphatic rings. The first-order chi connectivity index (χ1) is 4.09. The van der Waals surface area contributed by atoms with Crippen LogP contribution in [-0.2, 0) is 4.79 Å². The van der Waals surface area contributed by atoms with Gasteiger partial charge in [0.25, 0.3) is 5.91 Å². The van der Waals surface area contributed by atoms with Crippen molar-refractivity contribution in [3.8, 4) is 0 Å². The number of carbonyl (C=O) groups is 1. The first-order valence-corrected chi connectivity index (χ1v) is 2.70. The number of nitrogens with two attached hydrogens (primary N) is 1. The molecule has 0 fully saturated rings. The van der Waals surface area contributed by atoms with E-state index in [-0.39, 0.29) is 10.1 Å². The molecule has 0 aromatic carbocycles. The number of rotatable bonds is 2. The van der Waals surface area contributed by atoms with Gasteiger partial charge >= 0.3 is 0 Å². The third-order valence-corrected chi connectivity index (χ3v) is 1.34. The second kappa shape index (κ2) is 3.48. The van der Waals surface area contributed by atoms with Crippen LogP contribution in [-0.4, -0.2) is 12.1 Å². The number of hydrogen-bond acceptors (Lipinski definition) is 2. The molecule has 0 saturated heterocycles. The molecule has 50 valence electrons. The molecule has 9 heavy (non-hydrogen) atoms. The van der Waals surface area contributed by atoms with Gasteiger partial charge in [-0.15, -0.1) is 0 Å². The summed E-state index contributed by atoms with van der Waals surface area (Å²) in [5, 5.41) is 6.06. The number of allylic oxidation sites excluding steroid dienone is 1. The maximum Gasteiger partial charge on any atom is 0.261 e. The van der Waals surface area contributed by atoms with Gasteiger partial charge in [0.05, 0.1) is 5.03 Å². The predicted octanol–water partition coefficient (Wildman–Crippen LogP) is 0.810. The summed E-state index contributed by atoms with van der Waals surface area (Å²) in [5.41, 5.74) is 4.70. The first-order valence-electron chi connectivity index (χ1n) is 1.95. The van der Waals surface area contributed by atoms with Gasteiger partial charge in [-0.1, -0.05) is 23.2 Å². The fraction of sp³-hybridized carbons (Fsp3) is 0. The number of amides is 1. The molecule has 0 heterocycles. The molecule has 3 nitrogen and oxygen atoms in total. The highest BCUT2D eigenvalue weighted by Gasteiger charge is 2.03. The summed E-state index contributed by atoms with van der Waals surface area (Å²) in [6.07, 6.45) is 0.745. The minimum atomic E-state index is -0.829. The summed E-state index contributed by atoms with van der Waals surface area (Å²) < 4.78 is 0. The zero-order valence-corrected chi connectivity index (χ0v) is 5.83. The van der Waals surface area contributed by atoms with Gasteiger partial charge < -0.3 is 11.1 Å². The van der Waals surface area contributed by atoms with Crippen molar-refractivity contribution in [3.63, 3.8) is 0 Å². The Labute approximate surface area is 61.9 Å². The summed E-state index contributed by atoms with van der Waals surface area (Å²) in [6.45, 7) is 0. The second-order valence-electron chi connectivity index (χ2n) is 1.17. The highest BCUT2D eigenvalue weighted by atomic mass is 35.5. The Balaban J connectivity index is 4.47. The fourth-order valence-corrected chi connectivity index (χ4v) is 0.329. The lowest BCUT2D eigenvalue weighted by Crippen LogP contribution is -2.11. The van der Waals surface area contributed by atoms with E-state index in [1.54, 1.807) is 0 Å². The summed E-state index contributed by atoms with van der Waals surface area (Å²) >= 11 is 10.4. The number of nitrogens with one attached hydrogen (secondary N) is 1. The molecular formula is C4H4Cl2N2O. The second-order valence-corrected chi connectivity index (χ2v) is 1.96. The third kappa shape index (κ3) is 2.49. The number of primary amides is 1. The van der Waals surface area contributed by atoms with Gasteiger partial charge in [0.2, 0.25) is 0 Å². The van der Waals surface area contributed by atoms with Crippen molar-refractivity contribution in [2.24, 2.45) is 5.73 Å². The largest absolute Gasteiger partial charge is 0.365 e. The van der Waals surface area contributed by atoms with E-state index < -0.39 is 5.91 Å². The highest BCUT2D eigenvalue weighted by molar-refractivity contribution is 6.52. The summed E-state index contributed by atoms with van der Waals surface area (Å²) in [4.78, 5) is 10.1. The molecule has 0 saturated carbocycles. The smallest absolute Gasteiger partial charge is 0.261 e. The molecule has 0 aromatic rings. The Bertz CT molecular complexity index is 175. The van der Waals surface area contributed by atoms with Crippen LogP contribution >= 0.6 is 23.2 Å². The molecule has 0 aromatic heterocycles. The fourth-order valence-electron chi connectivity index (χ4n) is 0.181. The van der Waals surface area contributed by atoms with Crippen molar-refractivity contribution in [2.75, 3.05) is 0 Å². The van der Waals surface area contributed by atoms with E-state index in [4.69, 9.17) is 34.3 Å². The Morgan fingerprint density at radius 1 is 1.56 bits per heavy atom. The molecule has 3 N–H and O–H groups in total. The van der Waals surface area contributed by atoms with Crippen LogP contribution in [0, 0.1) is 5.41 Å². The molecule has 0 unspecified atom stereocenters. The van der Waals surface area contributed by atoms with E-state index in [0.29, 0.717) is 0 Å². The van der Waals surface area contributed by atoms with Crippen LogP contribution in [0.5, 0.6) is 0 Å². The van der Waals surface area contributed by atoms with Gasteiger partial charge in [-0.05, 0) is 0 Å². The molecular weight excluding hydrogens is 163 g/mol. The van der Waals surface area contributed by atoms with E-state index in [9.17, 15) is 4.79 Å². The van der Waals surface area contributed by atoms with E-state index in [1.807, 2.05) is 0 Å². The molecule has 0 aliphatic carbocycles. The van der Waals surface area contributed by atoms with Gasteiger partial charge in [0.1, 0.15) is 5.03 Å². The molecule has 0 spiro atoms. The Morgan fingerprint density at radius 3 is 2.11 bits per heavy atom. The van der Waals surface area contributed by atoms with Crippen LogP contribution in [0.1, 0.15) is 0 Å². The van der Waals surface area contributed by atoms with Gasteiger partial charge in [0, 0.05) is 6.21 Å². The molecule has 1 amide bonds. The van der Waals surface area contributed by atoms with Crippen molar-refractivity contribution in [1.29, 1.82) is 5.41 Å². The average molecular weight is 167 g/mol. The van der Waals surface area contributed by atoms with Crippen LogP contribution in [0.4, 0.5) is 0 Å². The Morgan fingerprint density at radius 2 is 2.00 bits per heavy atom. The molecule has 5 heteroatoms. The van der Waals surface area contributed by atoms with Crippen LogP contribution in [0.2, 0.25) is 0 Å². The minimum absolute atomic E-state index is 0.149. The maximum absolute atomic E-state index is 10.1. The predicted molar refractivity (Wildman–Crippen MR) is 36.7 cm³/mol. The first kappa shape index (κ1) is 8.46. The van der Waals surface area contributed by atoms with E-state index in [2.05, 4.69) is 0 Å². The topological polar surface area (TPSA) is 66.9 Å². The number of carbonyl (C=O) groups excluding carboxylic acids is 1. The third-order valence-electron chi connectivity index (χ3n) is 0.553. The SMILES string of the molecule is N=C/C(Cl)=C(/Cl)C(N)=O. The summed E-state index contributed by atoms with van der Waals surface area (Å²) in [5.74, 6) is -0.829. The minimum Gasteiger partial charge on any atom is -0.365 e. The lowest BCUT2D eigenvalue weighted by Gasteiger charge is -1.89. The quantitative estimate of drug-likeness (QED) is 0.463. The summed E-state index contributed by atoms with van der Waals surface area (Å²) in [7, 11) is 0. The lowest BCUT2D eigenvalue weighted by atomic mass is 10.5. The molecule has 0 aliphatic heterocycles. The van der Waals surface area contributed by atoms with E-state index in [1.165, 1.54) is 0 Å². The molecule has 0 atom stereocenters. The lowest BCUT2D eigenvalue weighted by molar-refractivity contribution is -0.114. The van der Waals surface area contributed by atoms with Gasteiger partial charge in [-0.3, -0.25) is 4.79 Å². The van der Waals surface area contributed by atoms with Gasteiger partial charge in [0.15, 0.2) is 0 Å². The Hall–Kier alpha value is -0.540. The number of hydrogen-bond donors (Lipinski definition) is 2. The van der Waals surface area contributed by atoms with Crippen molar-refractivity contribution >= 4 is 35.3 Å². The van der Waals surface area contributed by atoms with Crippen LogP contribution in [0.3, 0.4) is 0 Å². The van der Waals surface area contributed by atoms with Gasteiger partial charge in [-0.2, -0.15) is 0 Å². The van der Waals surface area contributed by atoms with E-state index in [0.717, 1.165) is 6.21 Å². The maximum atomic E-state index is 10.1. The summed E-state index contributed by atoms with van der Waals surface area (Å²) in [6, 6.07) is 0. The van der Waals surface area contributed by atoms with E-state index >= 15 is 0 Å².